The summed E-state index contributed by atoms with van der Waals surface area (Å²) in [4.78, 5) is 16.6. The fourth-order valence-corrected chi connectivity index (χ4v) is 4.65. The number of hydrogen-bond acceptors (Lipinski definition) is 4. The van der Waals surface area contributed by atoms with Crippen molar-refractivity contribution in [3.8, 4) is 0 Å². The maximum Gasteiger partial charge on any atom is 0.264 e. The van der Waals surface area contributed by atoms with Crippen molar-refractivity contribution < 1.29 is 4.79 Å². The second-order valence-corrected chi connectivity index (χ2v) is 8.22. The number of carbonyl (C=O) groups excluding carboxylic acids is 1. The minimum Gasteiger partial charge on any atom is -0.361 e. The smallest absolute Gasteiger partial charge is 0.264 e. The molecule has 2 aromatic carbocycles. The van der Waals surface area contributed by atoms with Crippen molar-refractivity contribution in [1.82, 2.24) is 19.9 Å². The minimum absolute atomic E-state index is 0.147. The van der Waals surface area contributed by atoms with Gasteiger partial charge in [-0.1, -0.05) is 58.9 Å². The van der Waals surface area contributed by atoms with Gasteiger partial charge in [0, 0.05) is 39.6 Å². The van der Waals surface area contributed by atoms with Gasteiger partial charge < -0.3 is 10.3 Å². The second kappa shape index (κ2) is 8.53. The number of aryl methyl sites for hydroxylation is 1. The molecular formula is C21H18Cl2N4OS. The molecule has 0 aliphatic heterocycles. The standard InChI is InChI=1S/C21H18Cl2N4OS/c1-2-18-20(29-27-26-18)21(28)25-11-15(13-8-7-12(22)9-17(13)23)16-10-24-19-6-4-3-5-14(16)19/h3-10,15,24H,2,11H2,1H3,(H,25,28). The largest absolute Gasteiger partial charge is 0.361 e. The summed E-state index contributed by atoms with van der Waals surface area (Å²) in [5, 5.41) is 9.29. The van der Waals surface area contributed by atoms with Crippen molar-refractivity contribution in [2.75, 3.05) is 6.54 Å². The first kappa shape index (κ1) is 19.9. The Bertz CT molecular complexity index is 1170. The van der Waals surface area contributed by atoms with Crippen molar-refractivity contribution in [2.45, 2.75) is 19.3 Å². The Labute approximate surface area is 182 Å². The van der Waals surface area contributed by atoms with Gasteiger partial charge in [-0.3, -0.25) is 4.79 Å². The molecule has 29 heavy (non-hydrogen) atoms. The number of aromatic nitrogens is 3. The van der Waals surface area contributed by atoms with Crippen LogP contribution in [0.4, 0.5) is 0 Å². The molecule has 4 rings (SSSR count). The van der Waals surface area contributed by atoms with Crippen LogP contribution in [0.2, 0.25) is 10.0 Å². The van der Waals surface area contributed by atoms with Gasteiger partial charge >= 0.3 is 0 Å². The van der Waals surface area contributed by atoms with Crippen molar-refractivity contribution in [3.05, 3.63) is 80.4 Å². The van der Waals surface area contributed by atoms with E-state index in [2.05, 4.69) is 26.0 Å². The van der Waals surface area contributed by atoms with Crippen LogP contribution in [0.15, 0.2) is 48.7 Å². The number of amides is 1. The van der Waals surface area contributed by atoms with Gasteiger partial charge in [0.2, 0.25) is 0 Å². The van der Waals surface area contributed by atoms with Gasteiger partial charge in [-0.05, 0) is 47.3 Å². The lowest BCUT2D eigenvalue weighted by Crippen LogP contribution is -2.29. The molecule has 5 nitrogen and oxygen atoms in total. The first-order valence-electron chi connectivity index (χ1n) is 9.18. The van der Waals surface area contributed by atoms with Gasteiger partial charge in [-0.25, -0.2) is 0 Å². The van der Waals surface area contributed by atoms with Crippen LogP contribution in [-0.2, 0) is 6.42 Å². The first-order valence-corrected chi connectivity index (χ1v) is 10.7. The molecule has 0 saturated carbocycles. The highest BCUT2D eigenvalue weighted by Crippen LogP contribution is 2.35. The van der Waals surface area contributed by atoms with Gasteiger partial charge in [-0.2, -0.15) is 0 Å². The third-order valence-electron chi connectivity index (χ3n) is 4.90. The molecule has 0 saturated heterocycles. The Morgan fingerprint density at radius 2 is 2.03 bits per heavy atom. The fraction of sp³-hybridized carbons (Fsp3) is 0.190. The average molecular weight is 445 g/mol. The Hall–Kier alpha value is -2.41. The second-order valence-electron chi connectivity index (χ2n) is 6.62. The summed E-state index contributed by atoms with van der Waals surface area (Å²) in [5.41, 5.74) is 3.70. The summed E-state index contributed by atoms with van der Waals surface area (Å²) in [6.45, 7) is 2.33. The van der Waals surface area contributed by atoms with Crippen molar-refractivity contribution >= 4 is 51.5 Å². The number of H-pyrrole nitrogens is 1. The van der Waals surface area contributed by atoms with Crippen molar-refractivity contribution in [3.63, 3.8) is 0 Å². The number of carbonyl (C=O) groups is 1. The highest BCUT2D eigenvalue weighted by Gasteiger charge is 2.23. The number of nitrogens with one attached hydrogen (secondary N) is 2. The zero-order valence-corrected chi connectivity index (χ0v) is 17.9. The molecule has 148 valence electrons. The molecule has 4 aromatic rings. The number of aromatic amines is 1. The van der Waals surface area contributed by atoms with Crippen LogP contribution in [-0.4, -0.2) is 27.0 Å². The van der Waals surface area contributed by atoms with E-state index in [4.69, 9.17) is 23.2 Å². The third kappa shape index (κ3) is 4.01. The van der Waals surface area contributed by atoms with Crippen LogP contribution in [0.1, 0.15) is 39.3 Å². The Morgan fingerprint density at radius 3 is 2.83 bits per heavy atom. The Balaban J connectivity index is 1.70. The van der Waals surface area contributed by atoms with E-state index in [1.807, 2.05) is 43.5 Å². The topological polar surface area (TPSA) is 70.7 Å². The number of nitrogens with zero attached hydrogens (tertiary/aromatic N) is 2. The van der Waals surface area contributed by atoms with Crippen LogP contribution >= 0.6 is 34.7 Å². The average Bonchev–Trinajstić information content (AvgIpc) is 3.36. The maximum atomic E-state index is 12.8. The van der Waals surface area contributed by atoms with Gasteiger partial charge in [0.1, 0.15) is 4.88 Å². The van der Waals surface area contributed by atoms with E-state index in [1.165, 1.54) is 0 Å². The molecule has 0 spiro atoms. The van der Waals surface area contributed by atoms with Crippen LogP contribution in [0.25, 0.3) is 10.9 Å². The molecule has 2 N–H and O–H groups in total. The Kier molecular flexibility index (Phi) is 5.85. The van der Waals surface area contributed by atoms with E-state index in [0.29, 0.717) is 33.6 Å². The van der Waals surface area contributed by atoms with Crippen LogP contribution in [0, 0.1) is 0 Å². The first-order chi connectivity index (χ1) is 14.1. The summed E-state index contributed by atoms with van der Waals surface area (Å²) in [6, 6.07) is 13.5. The highest BCUT2D eigenvalue weighted by atomic mass is 35.5. The van der Waals surface area contributed by atoms with Crippen molar-refractivity contribution in [2.24, 2.45) is 0 Å². The van der Waals surface area contributed by atoms with Crippen LogP contribution in [0.5, 0.6) is 0 Å². The van der Waals surface area contributed by atoms with E-state index in [0.717, 1.165) is 33.6 Å². The van der Waals surface area contributed by atoms with Gasteiger partial charge in [0.05, 0.1) is 5.69 Å². The molecule has 8 heteroatoms. The zero-order chi connectivity index (χ0) is 20.4. The van der Waals surface area contributed by atoms with E-state index in [9.17, 15) is 4.79 Å². The van der Waals surface area contributed by atoms with Gasteiger partial charge in [0.15, 0.2) is 0 Å². The third-order valence-corrected chi connectivity index (χ3v) is 6.23. The lowest BCUT2D eigenvalue weighted by molar-refractivity contribution is 0.0955. The molecule has 1 amide bonds. The van der Waals surface area contributed by atoms with Crippen molar-refractivity contribution in [1.29, 1.82) is 0 Å². The van der Waals surface area contributed by atoms with E-state index < -0.39 is 0 Å². The number of halogens is 2. The molecule has 0 radical (unpaired) electrons. The molecule has 1 atom stereocenters. The lowest BCUT2D eigenvalue weighted by atomic mass is 9.90. The van der Waals surface area contributed by atoms with E-state index in [1.54, 1.807) is 6.07 Å². The number of fused-ring (bicyclic) bond motifs is 1. The van der Waals surface area contributed by atoms with E-state index in [-0.39, 0.29) is 11.8 Å². The molecule has 2 heterocycles. The van der Waals surface area contributed by atoms with Crippen LogP contribution < -0.4 is 5.32 Å². The molecule has 0 aliphatic rings. The molecule has 0 bridgehead atoms. The summed E-state index contributed by atoms with van der Waals surface area (Å²) in [6.07, 6.45) is 2.63. The SMILES string of the molecule is CCc1nnsc1C(=O)NCC(c1ccc(Cl)cc1Cl)c1c[nH]c2ccccc12. The number of rotatable bonds is 6. The highest BCUT2D eigenvalue weighted by molar-refractivity contribution is 7.08. The maximum absolute atomic E-state index is 12.8. The number of benzene rings is 2. The Morgan fingerprint density at radius 1 is 1.21 bits per heavy atom. The monoisotopic (exact) mass is 444 g/mol. The van der Waals surface area contributed by atoms with Gasteiger partial charge in [0.25, 0.3) is 5.91 Å². The number of hydrogen-bond donors (Lipinski definition) is 2. The number of para-hydroxylation sites is 1. The minimum atomic E-state index is -0.174. The summed E-state index contributed by atoms with van der Waals surface area (Å²) < 4.78 is 3.90. The molecule has 2 aromatic heterocycles. The van der Waals surface area contributed by atoms with E-state index >= 15 is 0 Å². The molecular weight excluding hydrogens is 427 g/mol. The predicted octanol–water partition coefficient (Wildman–Crippen LogP) is 5.45. The lowest BCUT2D eigenvalue weighted by Gasteiger charge is -2.19. The molecule has 0 fully saturated rings. The molecule has 1 unspecified atom stereocenters. The summed E-state index contributed by atoms with van der Waals surface area (Å²) in [7, 11) is 0. The predicted molar refractivity (Wildman–Crippen MR) is 118 cm³/mol. The van der Waals surface area contributed by atoms with Crippen LogP contribution in [0.3, 0.4) is 0 Å². The quantitative estimate of drug-likeness (QED) is 0.415. The zero-order valence-electron chi connectivity index (χ0n) is 15.6. The summed E-state index contributed by atoms with van der Waals surface area (Å²) >= 11 is 13.7. The van der Waals surface area contributed by atoms with Gasteiger partial charge in [-0.15, -0.1) is 5.10 Å². The molecule has 0 aliphatic carbocycles. The normalized spacial score (nSPS) is 12.2. The summed E-state index contributed by atoms with van der Waals surface area (Å²) in [5.74, 6) is -0.322. The fourth-order valence-electron chi connectivity index (χ4n) is 3.44.